The number of alkyl halides is 1. The first kappa shape index (κ1) is 13.2. The molecule has 0 fully saturated rings. The summed E-state index contributed by atoms with van der Waals surface area (Å²) in [5, 5.41) is 0. The second-order valence-corrected chi connectivity index (χ2v) is 4.78. The number of halogens is 1. The number of ether oxygens (including phenoxy) is 2. The number of hydrogen-bond acceptors (Lipinski definition) is 4. The lowest BCUT2D eigenvalue weighted by Gasteiger charge is -2.15. The standard InChI is InChI=1S/C9H13BrO4/c1-4-13-7(11)5-6-8(12)14-9(2,3)10/h5-6H,4H2,1-3H3/b6-5-. The van der Waals surface area contributed by atoms with Crippen molar-refractivity contribution in [3.63, 3.8) is 0 Å². The Morgan fingerprint density at radius 2 is 1.79 bits per heavy atom. The van der Waals surface area contributed by atoms with Gasteiger partial charge in [0, 0.05) is 12.2 Å². The van der Waals surface area contributed by atoms with E-state index in [0.29, 0.717) is 0 Å². The molecular weight excluding hydrogens is 252 g/mol. The zero-order valence-electron chi connectivity index (χ0n) is 8.37. The molecule has 0 saturated carbocycles. The zero-order valence-corrected chi connectivity index (χ0v) is 9.96. The maximum Gasteiger partial charge on any atom is 0.332 e. The van der Waals surface area contributed by atoms with Gasteiger partial charge in [0.05, 0.1) is 6.61 Å². The van der Waals surface area contributed by atoms with Crippen LogP contribution in [0.15, 0.2) is 12.2 Å². The van der Waals surface area contributed by atoms with Crippen molar-refractivity contribution in [1.82, 2.24) is 0 Å². The monoisotopic (exact) mass is 264 g/mol. The molecule has 0 aromatic rings. The summed E-state index contributed by atoms with van der Waals surface area (Å²) >= 11 is 3.12. The van der Waals surface area contributed by atoms with Crippen LogP contribution in [0.25, 0.3) is 0 Å². The highest BCUT2D eigenvalue weighted by Crippen LogP contribution is 2.17. The topological polar surface area (TPSA) is 52.6 Å². The minimum Gasteiger partial charge on any atom is -0.463 e. The molecule has 80 valence electrons. The smallest absolute Gasteiger partial charge is 0.332 e. The third-order valence-electron chi connectivity index (χ3n) is 0.985. The molecule has 0 amide bonds. The molecular formula is C9H13BrO4. The predicted molar refractivity (Wildman–Crippen MR) is 54.9 cm³/mol. The van der Waals surface area contributed by atoms with Crippen LogP contribution in [0.2, 0.25) is 0 Å². The summed E-state index contributed by atoms with van der Waals surface area (Å²) < 4.78 is 8.69. The zero-order chi connectivity index (χ0) is 11.2. The van der Waals surface area contributed by atoms with Crippen molar-refractivity contribution < 1.29 is 19.1 Å². The van der Waals surface area contributed by atoms with E-state index in [1.54, 1.807) is 20.8 Å². The highest BCUT2D eigenvalue weighted by molar-refractivity contribution is 9.10. The summed E-state index contributed by atoms with van der Waals surface area (Å²) in [5.41, 5.74) is 0. The fraction of sp³-hybridized carbons (Fsp3) is 0.556. The fourth-order valence-electron chi connectivity index (χ4n) is 0.600. The van der Waals surface area contributed by atoms with Crippen molar-refractivity contribution in [3.8, 4) is 0 Å². The molecule has 0 saturated heterocycles. The molecule has 0 radical (unpaired) electrons. The molecule has 14 heavy (non-hydrogen) atoms. The summed E-state index contributed by atoms with van der Waals surface area (Å²) in [6, 6.07) is 0. The van der Waals surface area contributed by atoms with E-state index < -0.39 is 16.4 Å². The van der Waals surface area contributed by atoms with Crippen LogP contribution in [0.3, 0.4) is 0 Å². The van der Waals surface area contributed by atoms with E-state index in [4.69, 9.17) is 4.74 Å². The van der Waals surface area contributed by atoms with E-state index in [1.165, 1.54) is 0 Å². The molecule has 5 heteroatoms. The molecule has 0 heterocycles. The molecule has 0 rings (SSSR count). The average Bonchev–Trinajstić information content (AvgIpc) is 1.98. The minimum atomic E-state index is -0.733. The average molecular weight is 265 g/mol. The molecule has 0 aromatic carbocycles. The summed E-state index contributed by atoms with van der Waals surface area (Å²) in [7, 11) is 0. The number of carbonyl (C=O) groups is 2. The lowest BCUT2D eigenvalue weighted by molar-refractivity contribution is -0.144. The Morgan fingerprint density at radius 1 is 1.29 bits per heavy atom. The first-order valence-corrected chi connectivity index (χ1v) is 4.91. The van der Waals surface area contributed by atoms with Crippen molar-refractivity contribution in [2.75, 3.05) is 6.61 Å². The first-order valence-electron chi connectivity index (χ1n) is 4.12. The molecule has 0 bridgehead atoms. The van der Waals surface area contributed by atoms with Gasteiger partial charge in [0.1, 0.15) is 0 Å². The molecule has 0 spiro atoms. The van der Waals surface area contributed by atoms with Crippen molar-refractivity contribution in [3.05, 3.63) is 12.2 Å². The van der Waals surface area contributed by atoms with Crippen LogP contribution >= 0.6 is 15.9 Å². The summed E-state index contributed by atoms with van der Waals surface area (Å²) in [4.78, 5) is 21.8. The number of esters is 2. The normalized spacial score (nSPS) is 11.4. The molecule has 0 aliphatic heterocycles. The van der Waals surface area contributed by atoms with Crippen molar-refractivity contribution >= 4 is 27.9 Å². The fourth-order valence-corrected chi connectivity index (χ4v) is 0.759. The van der Waals surface area contributed by atoms with Gasteiger partial charge < -0.3 is 9.47 Å². The molecule has 0 N–H and O–H groups in total. The van der Waals surface area contributed by atoms with Crippen LogP contribution in [-0.4, -0.2) is 23.1 Å². The van der Waals surface area contributed by atoms with Gasteiger partial charge >= 0.3 is 11.9 Å². The maximum absolute atomic E-state index is 11.0. The maximum atomic E-state index is 11.0. The van der Waals surface area contributed by atoms with Crippen molar-refractivity contribution in [2.45, 2.75) is 25.3 Å². The quantitative estimate of drug-likeness (QED) is 0.441. The van der Waals surface area contributed by atoms with E-state index in [2.05, 4.69) is 20.7 Å². The highest BCUT2D eigenvalue weighted by atomic mass is 79.9. The Balaban J connectivity index is 4.00. The molecule has 0 atom stereocenters. The van der Waals surface area contributed by atoms with Crippen LogP contribution in [0.5, 0.6) is 0 Å². The second kappa shape index (κ2) is 5.80. The summed E-state index contributed by atoms with van der Waals surface area (Å²) in [6.07, 6.45) is 2.06. The largest absolute Gasteiger partial charge is 0.463 e. The number of rotatable bonds is 4. The summed E-state index contributed by atoms with van der Waals surface area (Å²) in [5.74, 6) is -1.16. The Labute approximate surface area is 91.4 Å². The molecule has 4 nitrogen and oxygen atoms in total. The van der Waals surface area contributed by atoms with Crippen molar-refractivity contribution in [2.24, 2.45) is 0 Å². The van der Waals surface area contributed by atoms with Gasteiger partial charge in [-0.2, -0.15) is 0 Å². The van der Waals surface area contributed by atoms with Crippen LogP contribution in [0, 0.1) is 0 Å². The molecule has 0 aromatic heterocycles. The third-order valence-corrected chi connectivity index (χ3v) is 1.15. The predicted octanol–water partition coefficient (Wildman–Crippen LogP) is 1.78. The molecule has 0 aliphatic rings. The highest BCUT2D eigenvalue weighted by Gasteiger charge is 2.16. The van der Waals surface area contributed by atoms with Crippen LogP contribution in [0.4, 0.5) is 0 Å². The van der Waals surface area contributed by atoms with Crippen LogP contribution < -0.4 is 0 Å². The van der Waals surface area contributed by atoms with E-state index >= 15 is 0 Å². The van der Waals surface area contributed by atoms with E-state index in [0.717, 1.165) is 12.2 Å². The van der Waals surface area contributed by atoms with Gasteiger partial charge in [-0.3, -0.25) is 0 Å². The summed E-state index contributed by atoms with van der Waals surface area (Å²) in [6.45, 7) is 5.31. The van der Waals surface area contributed by atoms with Gasteiger partial charge in [0.15, 0.2) is 4.51 Å². The van der Waals surface area contributed by atoms with Crippen molar-refractivity contribution in [1.29, 1.82) is 0 Å². The van der Waals surface area contributed by atoms with Gasteiger partial charge in [0.2, 0.25) is 0 Å². The Hall–Kier alpha value is -0.840. The minimum absolute atomic E-state index is 0.280. The molecule has 0 aliphatic carbocycles. The van der Waals surface area contributed by atoms with E-state index in [1.807, 2.05) is 0 Å². The van der Waals surface area contributed by atoms with Crippen LogP contribution in [0.1, 0.15) is 20.8 Å². The Kier molecular flexibility index (Phi) is 5.45. The van der Waals surface area contributed by atoms with Gasteiger partial charge in [0.25, 0.3) is 0 Å². The Morgan fingerprint density at radius 3 is 2.21 bits per heavy atom. The van der Waals surface area contributed by atoms with E-state index in [-0.39, 0.29) is 6.61 Å². The lowest BCUT2D eigenvalue weighted by Crippen LogP contribution is -2.19. The SMILES string of the molecule is CCOC(=O)/C=C\C(=O)OC(C)(C)Br. The van der Waals surface area contributed by atoms with Gasteiger partial charge in [-0.25, -0.2) is 9.59 Å². The van der Waals surface area contributed by atoms with Gasteiger partial charge in [-0.1, -0.05) is 0 Å². The van der Waals surface area contributed by atoms with Crippen LogP contribution in [-0.2, 0) is 19.1 Å². The van der Waals surface area contributed by atoms with Gasteiger partial charge in [-0.15, -0.1) is 0 Å². The van der Waals surface area contributed by atoms with Gasteiger partial charge in [-0.05, 0) is 36.7 Å². The Bertz CT molecular complexity index is 240. The number of carbonyl (C=O) groups excluding carboxylic acids is 2. The lowest BCUT2D eigenvalue weighted by atomic mass is 10.4. The third kappa shape index (κ3) is 7.79. The first-order chi connectivity index (χ1) is 6.35. The van der Waals surface area contributed by atoms with E-state index in [9.17, 15) is 9.59 Å². The molecule has 0 unspecified atom stereocenters. The number of hydrogen-bond donors (Lipinski definition) is 0. The second-order valence-electron chi connectivity index (χ2n) is 2.87.